The molecule has 1 unspecified atom stereocenters. The van der Waals surface area contributed by atoms with E-state index in [9.17, 15) is 4.79 Å². The van der Waals surface area contributed by atoms with Gasteiger partial charge in [0.1, 0.15) is 0 Å². The first-order valence-electron chi connectivity index (χ1n) is 7.36. The van der Waals surface area contributed by atoms with Gasteiger partial charge in [0.2, 0.25) is 17.5 Å². The highest BCUT2D eigenvalue weighted by Crippen LogP contribution is 2.36. The molecule has 0 saturated carbocycles. The zero-order chi connectivity index (χ0) is 16.4. The first-order valence-corrected chi connectivity index (χ1v) is 7.74. The van der Waals surface area contributed by atoms with E-state index in [1.165, 1.54) is 11.9 Å². The van der Waals surface area contributed by atoms with Crippen LogP contribution in [0.15, 0.2) is 59.7 Å². The average molecular weight is 329 g/mol. The van der Waals surface area contributed by atoms with Gasteiger partial charge in [-0.3, -0.25) is 4.79 Å². The molecule has 1 amide bonds. The van der Waals surface area contributed by atoms with Gasteiger partial charge in [0.05, 0.1) is 6.42 Å². The van der Waals surface area contributed by atoms with E-state index >= 15 is 0 Å². The molecule has 1 heterocycles. The van der Waals surface area contributed by atoms with Gasteiger partial charge in [-0.1, -0.05) is 54.1 Å². The van der Waals surface area contributed by atoms with Gasteiger partial charge in [-0.15, -0.1) is 5.10 Å². The molecule has 0 fully saturated rings. The molecule has 0 N–H and O–H groups in total. The Morgan fingerprint density at radius 1 is 1.17 bits per heavy atom. The number of benzene rings is 2. The molecule has 1 aliphatic heterocycles. The lowest BCUT2D eigenvalue weighted by molar-refractivity contribution is -0.146. The van der Waals surface area contributed by atoms with Crippen LogP contribution >= 0.6 is 11.6 Å². The van der Waals surface area contributed by atoms with Gasteiger partial charge in [-0.05, 0) is 17.7 Å². The minimum atomic E-state index is -0.958. The van der Waals surface area contributed by atoms with Crippen molar-refractivity contribution in [3.63, 3.8) is 0 Å². The van der Waals surface area contributed by atoms with Crippen LogP contribution in [0.5, 0.6) is 0 Å². The summed E-state index contributed by atoms with van der Waals surface area (Å²) in [7, 11) is 0. The molecule has 0 aliphatic carbocycles. The summed E-state index contributed by atoms with van der Waals surface area (Å²) in [5.74, 6) is 0.342. The molecule has 1 aliphatic rings. The minimum Gasteiger partial charge on any atom is -0.447 e. The molecule has 0 radical (unpaired) electrons. The third-order valence-corrected chi connectivity index (χ3v) is 4.06. The van der Waals surface area contributed by atoms with Crippen LogP contribution in [-0.2, 0) is 21.7 Å². The normalized spacial score (nSPS) is 20.1. The maximum absolute atomic E-state index is 12.0. The van der Waals surface area contributed by atoms with E-state index in [1.54, 1.807) is 12.1 Å². The Balaban J connectivity index is 1.90. The lowest BCUT2D eigenvalue weighted by atomic mass is 10.0. The van der Waals surface area contributed by atoms with Crippen molar-refractivity contribution in [2.24, 2.45) is 5.10 Å². The Morgan fingerprint density at radius 3 is 2.43 bits per heavy atom. The summed E-state index contributed by atoms with van der Waals surface area (Å²) in [5.41, 5.74) is 0.944. The van der Waals surface area contributed by atoms with Crippen LogP contribution in [-0.4, -0.2) is 16.8 Å². The number of carbonyl (C=O) groups excluding carboxylic acids is 1. The second kappa shape index (κ2) is 6.05. The van der Waals surface area contributed by atoms with Crippen LogP contribution in [0.25, 0.3) is 0 Å². The van der Waals surface area contributed by atoms with Crippen molar-refractivity contribution in [3.8, 4) is 0 Å². The summed E-state index contributed by atoms with van der Waals surface area (Å²) in [6.07, 6.45) is 0.536. The monoisotopic (exact) mass is 328 g/mol. The van der Waals surface area contributed by atoms with Crippen LogP contribution < -0.4 is 0 Å². The van der Waals surface area contributed by atoms with Crippen LogP contribution in [0.3, 0.4) is 0 Å². The molecule has 3 rings (SSSR count). The van der Waals surface area contributed by atoms with E-state index in [-0.39, 0.29) is 5.91 Å². The second-order valence-corrected chi connectivity index (χ2v) is 6.02. The minimum absolute atomic E-state index is 0.175. The fourth-order valence-electron chi connectivity index (χ4n) is 2.65. The number of nitrogens with zero attached hydrogens (tertiary/aromatic N) is 2. The number of ether oxygens (including phenoxy) is 1. The van der Waals surface area contributed by atoms with E-state index in [0.717, 1.165) is 11.1 Å². The number of carbonyl (C=O) groups is 1. The molecule has 118 valence electrons. The third-order valence-electron chi connectivity index (χ3n) is 3.81. The predicted molar refractivity (Wildman–Crippen MR) is 90.0 cm³/mol. The van der Waals surface area contributed by atoms with Crippen LogP contribution in [0, 0.1) is 0 Å². The smallest absolute Gasteiger partial charge is 0.243 e. The number of amides is 1. The van der Waals surface area contributed by atoms with Gasteiger partial charge in [0.25, 0.3) is 0 Å². The molecular formula is C18H17ClN2O2. The van der Waals surface area contributed by atoms with Gasteiger partial charge in [0.15, 0.2) is 0 Å². The molecule has 0 spiro atoms. The Morgan fingerprint density at radius 2 is 1.83 bits per heavy atom. The first kappa shape index (κ1) is 15.6. The third kappa shape index (κ3) is 3.08. The first-order chi connectivity index (χ1) is 11.0. The van der Waals surface area contributed by atoms with Crippen molar-refractivity contribution in [3.05, 3.63) is 70.7 Å². The Labute approximate surface area is 140 Å². The summed E-state index contributed by atoms with van der Waals surface area (Å²) in [4.78, 5) is 12.0. The van der Waals surface area contributed by atoms with Crippen LogP contribution in [0.2, 0.25) is 5.02 Å². The number of hydrogen-bond acceptors (Lipinski definition) is 3. The van der Waals surface area contributed by atoms with Gasteiger partial charge >= 0.3 is 0 Å². The maximum Gasteiger partial charge on any atom is 0.243 e. The SMILES string of the molecule is CC(=O)N1N=C(Cc2ccccc2)OC1(C)c1ccc(Cl)cc1. The fraction of sp³-hybridized carbons (Fsp3) is 0.222. The van der Waals surface area contributed by atoms with Crippen molar-refractivity contribution in [2.45, 2.75) is 26.0 Å². The Hall–Kier alpha value is -2.33. The lowest BCUT2D eigenvalue weighted by Gasteiger charge is -2.31. The fourth-order valence-corrected chi connectivity index (χ4v) is 2.78. The number of halogens is 1. The van der Waals surface area contributed by atoms with Crippen molar-refractivity contribution >= 4 is 23.4 Å². The van der Waals surface area contributed by atoms with Gasteiger partial charge in [0, 0.05) is 24.4 Å². The molecule has 2 aromatic rings. The predicted octanol–water partition coefficient (Wildman–Crippen LogP) is 3.95. The summed E-state index contributed by atoms with van der Waals surface area (Å²) < 4.78 is 6.06. The molecule has 1 atom stereocenters. The highest BCUT2D eigenvalue weighted by Gasteiger charge is 2.44. The van der Waals surface area contributed by atoms with Crippen molar-refractivity contribution in [1.82, 2.24) is 5.01 Å². The largest absolute Gasteiger partial charge is 0.447 e. The Kier molecular flexibility index (Phi) is 4.09. The van der Waals surface area contributed by atoms with Gasteiger partial charge in [-0.2, -0.15) is 5.01 Å². The van der Waals surface area contributed by atoms with Crippen molar-refractivity contribution in [1.29, 1.82) is 0 Å². The maximum atomic E-state index is 12.0. The summed E-state index contributed by atoms with van der Waals surface area (Å²) in [6.45, 7) is 3.31. The summed E-state index contributed by atoms with van der Waals surface area (Å²) in [6, 6.07) is 17.1. The number of hydrazone groups is 1. The molecule has 4 nitrogen and oxygen atoms in total. The van der Waals surface area contributed by atoms with E-state index in [2.05, 4.69) is 5.10 Å². The van der Waals surface area contributed by atoms with Gasteiger partial charge in [-0.25, -0.2) is 0 Å². The second-order valence-electron chi connectivity index (χ2n) is 5.58. The molecule has 0 bridgehead atoms. The lowest BCUT2D eigenvalue weighted by Crippen LogP contribution is -2.41. The standard InChI is InChI=1S/C18H17ClN2O2/c1-13(22)21-18(2,15-8-10-16(19)11-9-15)23-17(20-21)12-14-6-4-3-5-7-14/h3-11H,12H2,1-2H3. The molecule has 5 heteroatoms. The summed E-state index contributed by atoms with van der Waals surface area (Å²) in [5, 5.41) is 6.40. The van der Waals surface area contributed by atoms with Gasteiger partial charge < -0.3 is 4.74 Å². The molecule has 23 heavy (non-hydrogen) atoms. The van der Waals surface area contributed by atoms with E-state index in [0.29, 0.717) is 17.3 Å². The molecule has 0 aromatic heterocycles. The summed E-state index contributed by atoms with van der Waals surface area (Å²) >= 11 is 5.95. The average Bonchev–Trinajstić information content (AvgIpc) is 2.87. The molecule has 0 saturated heterocycles. The number of rotatable bonds is 3. The highest BCUT2D eigenvalue weighted by molar-refractivity contribution is 6.30. The zero-order valence-corrected chi connectivity index (χ0v) is 13.7. The number of hydrogen-bond donors (Lipinski definition) is 0. The van der Waals surface area contributed by atoms with Crippen molar-refractivity contribution < 1.29 is 9.53 Å². The Bertz CT molecular complexity index is 743. The molecular weight excluding hydrogens is 312 g/mol. The zero-order valence-electron chi connectivity index (χ0n) is 13.0. The quantitative estimate of drug-likeness (QED) is 0.856. The van der Waals surface area contributed by atoms with Crippen LogP contribution in [0.1, 0.15) is 25.0 Å². The topological polar surface area (TPSA) is 41.9 Å². The van der Waals surface area contributed by atoms with E-state index < -0.39 is 5.72 Å². The van der Waals surface area contributed by atoms with Crippen LogP contribution in [0.4, 0.5) is 0 Å². The molecule has 2 aromatic carbocycles. The van der Waals surface area contributed by atoms with E-state index in [1.807, 2.05) is 49.4 Å². The van der Waals surface area contributed by atoms with Crippen molar-refractivity contribution in [2.75, 3.05) is 0 Å². The highest BCUT2D eigenvalue weighted by atomic mass is 35.5. The van der Waals surface area contributed by atoms with E-state index in [4.69, 9.17) is 16.3 Å².